The molecule has 3 nitrogen and oxygen atoms in total. The quantitative estimate of drug-likeness (QED) is 0.113. The molecule has 0 radical (unpaired) electrons. The van der Waals surface area contributed by atoms with Crippen LogP contribution in [0.15, 0.2) is 0 Å². The lowest BCUT2D eigenvalue weighted by atomic mass is 10.2. The molecule has 0 aromatic heterocycles. The summed E-state index contributed by atoms with van der Waals surface area (Å²) >= 11 is 0. The van der Waals surface area contributed by atoms with Crippen molar-refractivity contribution in [1.82, 2.24) is 0 Å². The zero-order chi connectivity index (χ0) is 21.5. The van der Waals surface area contributed by atoms with E-state index >= 15 is 0 Å². The Morgan fingerprint density at radius 2 is 0.690 bits per heavy atom. The molecule has 0 rings (SSSR count). The average molecular weight is 431 g/mol. The highest BCUT2D eigenvalue weighted by Crippen LogP contribution is 2.22. The molecular formula is C25H54O3Si. The summed E-state index contributed by atoms with van der Waals surface area (Å²) in [7, 11) is -2.52. The number of hydrogen-bond acceptors (Lipinski definition) is 3. The molecule has 0 aliphatic rings. The van der Waals surface area contributed by atoms with Crippen LogP contribution in [0.2, 0.25) is 6.04 Å². The smallest absolute Gasteiger partial charge is 0.373 e. The van der Waals surface area contributed by atoms with Gasteiger partial charge in [-0.1, -0.05) is 111 Å². The second-order valence-corrected chi connectivity index (χ2v) is 11.3. The first-order valence-electron chi connectivity index (χ1n) is 13.2. The highest BCUT2D eigenvalue weighted by atomic mass is 28.4. The van der Waals surface area contributed by atoms with Gasteiger partial charge in [-0.3, -0.25) is 0 Å². The van der Waals surface area contributed by atoms with E-state index in [4.69, 9.17) is 13.3 Å². The monoisotopic (exact) mass is 430 g/mol. The van der Waals surface area contributed by atoms with Crippen molar-refractivity contribution in [2.75, 3.05) is 19.8 Å². The standard InChI is InChI=1S/C25H54O3Si/c1-5-9-13-16-19-22-26-29(25-12-8-4,27-23-20-17-14-10-6-2)28-24-21-18-15-11-7-3/h5-25H2,1-4H3. The molecule has 0 bridgehead atoms. The van der Waals surface area contributed by atoms with E-state index in [0.29, 0.717) is 0 Å². The van der Waals surface area contributed by atoms with Gasteiger partial charge in [-0.15, -0.1) is 0 Å². The predicted octanol–water partition coefficient (Wildman–Crippen LogP) is 8.69. The van der Waals surface area contributed by atoms with Crippen LogP contribution in [0, 0.1) is 0 Å². The minimum absolute atomic E-state index is 0.811. The molecule has 0 aromatic carbocycles. The van der Waals surface area contributed by atoms with E-state index in [1.165, 1.54) is 83.5 Å². The summed E-state index contributed by atoms with van der Waals surface area (Å²) in [5.41, 5.74) is 0. The van der Waals surface area contributed by atoms with Crippen LogP contribution in [-0.2, 0) is 13.3 Å². The van der Waals surface area contributed by atoms with Crippen LogP contribution in [0.5, 0.6) is 0 Å². The molecule has 0 amide bonds. The predicted molar refractivity (Wildman–Crippen MR) is 130 cm³/mol. The highest BCUT2D eigenvalue weighted by molar-refractivity contribution is 6.60. The van der Waals surface area contributed by atoms with Crippen LogP contribution in [0.1, 0.15) is 137 Å². The molecule has 0 spiro atoms. The van der Waals surface area contributed by atoms with Crippen molar-refractivity contribution in [1.29, 1.82) is 0 Å². The van der Waals surface area contributed by atoms with Crippen molar-refractivity contribution in [3.05, 3.63) is 0 Å². The van der Waals surface area contributed by atoms with Crippen LogP contribution < -0.4 is 0 Å². The maximum atomic E-state index is 6.46. The van der Waals surface area contributed by atoms with Gasteiger partial charge in [0.15, 0.2) is 0 Å². The van der Waals surface area contributed by atoms with E-state index in [-0.39, 0.29) is 0 Å². The SMILES string of the molecule is CCCCCCCO[Si](CCCC)(OCCCCCCC)OCCCCCCC. The third kappa shape index (κ3) is 18.6. The molecule has 0 saturated carbocycles. The van der Waals surface area contributed by atoms with Crippen molar-refractivity contribution in [3.8, 4) is 0 Å². The van der Waals surface area contributed by atoms with Crippen LogP contribution in [0.3, 0.4) is 0 Å². The topological polar surface area (TPSA) is 27.7 Å². The molecule has 0 heterocycles. The second-order valence-electron chi connectivity index (χ2n) is 8.57. The first-order valence-corrected chi connectivity index (χ1v) is 15.1. The van der Waals surface area contributed by atoms with Gasteiger partial charge in [-0.05, 0) is 25.7 Å². The van der Waals surface area contributed by atoms with Crippen molar-refractivity contribution in [2.45, 2.75) is 143 Å². The van der Waals surface area contributed by atoms with Crippen molar-refractivity contribution in [2.24, 2.45) is 0 Å². The summed E-state index contributed by atoms with van der Waals surface area (Å²) in [6.07, 6.45) is 21.4. The van der Waals surface area contributed by atoms with E-state index in [0.717, 1.165) is 51.5 Å². The Bertz CT molecular complexity index is 272. The number of unbranched alkanes of at least 4 members (excludes halogenated alkanes) is 13. The van der Waals surface area contributed by atoms with Crippen LogP contribution in [0.25, 0.3) is 0 Å². The Morgan fingerprint density at radius 3 is 1.00 bits per heavy atom. The normalized spacial score (nSPS) is 12.0. The first kappa shape index (κ1) is 29.1. The third-order valence-corrected chi connectivity index (χ3v) is 8.44. The zero-order valence-electron chi connectivity index (χ0n) is 20.6. The maximum absolute atomic E-state index is 6.46. The molecule has 29 heavy (non-hydrogen) atoms. The molecule has 0 unspecified atom stereocenters. The third-order valence-electron chi connectivity index (χ3n) is 5.55. The first-order chi connectivity index (χ1) is 14.2. The van der Waals surface area contributed by atoms with Gasteiger partial charge in [0.05, 0.1) is 0 Å². The van der Waals surface area contributed by atoms with Gasteiger partial charge in [-0.2, -0.15) is 0 Å². The lowest BCUT2D eigenvalue weighted by molar-refractivity contribution is 0.0547. The largest absolute Gasteiger partial charge is 0.500 e. The van der Waals surface area contributed by atoms with E-state index in [9.17, 15) is 0 Å². The van der Waals surface area contributed by atoms with E-state index in [2.05, 4.69) is 27.7 Å². The van der Waals surface area contributed by atoms with Crippen LogP contribution >= 0.6 is 0 Å². The van der Waals surface area contributed by atoms with Crippen LogP contribution in [-0.4, -0.2) is 28.6 Å². The van der Waals surface area contributed by atoms with Gasteiger partial charge in [0, 0.05) is 25.9 Å². The summed E-state index contributed by atoms with van der Waals surface area (Å²) in [5.74, 6) is 0. The highest BCUT2D eigenvalue weighted by Gasteiger charge is 2.40. The minimum atomic E-state index is -2.52. The molecule has 4 heteroatoms. The molecule has 0 atom stereocenters. The molecule has 0 N–H and O–H groups in total. The van der Waals surface area contributed by atoms with E-state index in [1.807, 2.05) is 0 Å². The fourth-order valence-corrected chi connectivity index (χ4v) is 6.37. The molecule has 0 fully saturated rings. The van der Waals surface area contributed by atoms with Gasteiger partial charge in [-0.25, -0.2) is 0 Å². The Morgan fingerprint density at radius 1 is 0.379 bits per heavy atom. The van der Waals surface area contributed by atoms with Crippen LogP contribution in [0.4, 0.5) is 0 Å². The lowest BCUT2D eigenvalue weighted by Crippen LogP contribution is -2.46. The Kier molecular flexibility index (Phi) is 22.9. The second kappa shape index (κ2) is 22.8. The number of rotatable bonds is 24. The Balaban J connectivity index is 4.52. The molecule has 176 valence electrons. The van der Waals surface area contributed by atoms with Gasteiger partial charge >= 0.3 is 8.80 Å². The van der Waals surface area contributed by atoms with Gasteiger partial charge in [0.25, 0.3) is 0 Å². The summed E-state index contributed by atoms with van der Waals surface area (Å²) in [4.78, 5) is 0. The van der Waals surface area contributed by atoms with Gasteiger partial charge < -0.3 is 13.3 Å². The zero-order valence-corrected chi connectivity index (χ0v) is 21.6. The summed E-state index contributed by atoms with van der Waals surface area (Å²) in [6.45, 7) is 11.5. The molecule has 0 saturated heterocycles. The molecule has 0 aliphatic heterocycles. The average Bonchev–Trinajstić information content (AvgIpc) is 2.74. The van der Waals surface area contributed by atoms with Crippen molar-refractivity contribution in [3.63, 3.8) is 0 Å². The lowest BCUT2D eigenvalue weighted by Gasteiger charge is -2.30. The molecular weight excluding hydrogens is 376 g/mol. The Hall–Kier alpha value is 0.0969. The minimum Gasteiger partial charge on any atom is -0.373 e. The fourth-order valence-electron chi connectivity index (χ4n) is 3.53. The Labute approximate surface area is 185 Å². The summed E-state index contributed by atoms with van der Waals surface area (Å²) < 4.78 is 19.4. The van der Waals surface area contributed by atoms with Crippen molar-refractivity contribution < 1.29 is 13.3 Å². The maximum Gasteiger partial charge on any atom is 0.500 e. The summed E-state index contributed by atoms with van der Waals surface area (Å²) in [6, 6.07) is 0.988. The number of hydrogen-bond donors (Lipinski definition) is 0. The van der Waals surface area contributed by atoms with E-state index in [1.54, 1.807) is 0 Å². The molecule has 0 aromatic rings. The fraction of sp³-hybridized carbons (Fsp3) is 1.00. The van der Waals surface area contributed by atoms with Crippen molar-refractivity contribution >= 4 is 8.80 Å². The van der Waals surface area contributed by atoms with Gasteiger partial charge in [0.2, 0.25) is 0 Å². The van der Waals surface area contributed by atoms with Gasteiger partial charge in [0.1, 0.15) is 0 Å². The molecule has 0 aliphatic carbocycles. The van der Waals surface area contributed by atoms with E-state index < -0.39 is 8.80 Å². The summed E-state index contributed by atoms with van der Waals surface area (Å²) in [5, 5.41) is 0.